The van der Waals surface area contributed by atoms with Crippen LogP contribution in [0.2, 0.25) is 0 Å². The number of carbonyl (C=O) groups excluding carboxylic acids is 2. The highest BCUT2D eigenvalue weighted by Crippen LogP contribution is 2.43. The van der Waals surface area contributed by atoms with Crippen LogP contribution in [0.1, 0.15) is 22.2 Å². The Balaban J connectivity index is 1.64. The normalized spacial score (nSPS) is 16.0. The van der Waals surface area contributed by atoms with E-state index in [-0.39, 0.29) is 11.3 Å². The monoisotopic (exact) mass is 462 g/mol. The molecule has 1 aliphatic heterocycles. The highest BCUT2D eigenvalue weighted by Gasteiger charge is 2.46. The molecular formula is C24H18N2O6S. The van der Waals surface area contributed by atoms with Gasteiger partial charge in [0, 0.05) is 17.0 Å². The van der Waals surface area contributed by atoms with Gasteiger partial charge in [-0.05, 0) is 29.8 Å². The summed E-state index contributed by atoms with van der Waals surface area (Å²) in [6.45, 7) is 0. The van der Waals surface area contributed by atoms with Gasteiger partial charge in [0.15, 0.2) is 28.0 Å². The zero-order valence-corrected chi connectivity index (χ0v) is 18.5. The molecule has 1 atom stereocenters. The first-order chi connectivity index (χ1) is 16.0. The molecule has 4 aromatic rings. The number of aromatic nitrogens is 1. The lowest BCUT2D eigenvalue weighted by Crippen LogP contribution is -2.30. The Morgan fingerprint density at radius 3 is 2.61 bits per heavy atom. The van der Waals surface area contributed by atoms with Crippen LogP contribution in [0.3, 0.4) is 0 Å². The number of ketones is 1. The van der Waals surface area contributed by atoms with Crippen LogP contribution in [0.5, 0.6) is 11.5 Å². The largest absolute Gasteiger partial charge is 0.503 e. The van der Waals surface area contributed by atoms with E-state index in [4.69, 9.17) is 13.9 Å². The summed E-state index contributed by atoms with van der Waals surface area (Å²) in [5.74, 6) is -0.855. The van der Waals surface area contributed by atoms with Gasteiger partial charge in [0.25, 0.3) is 5.91 Å². The number of aliphatic hydroxyl groups excluding tert-OH is 1. The average molecular weight is 462 g/mol. The molecule has 0 fully saturated rings. The van der Waals surface area contributed by atoms with Crippen LogP contribution in [-0.2, 0) is 4.79 Å². The van der Waals surface area contributed by atoms with Crippen molar-refractivity contribution in [2.45, 2.75) is 6.04 Å². The first-order valence-electron chi connectivity index (χ1n) is 9.95. The molecule has 5 rings (SSSR count). The van der Waals surface area contributed by atoms with E-state index in [0.717, 1.165) is 0 Å². The number of hydrogen-bond acceptors (Lipinski definition) is 8. The van der Waals surface area contributed by atoms with Crippen LogP contribution in [0.15, 0.2) is 75.9 Å². The third kappa shape index (κ3) is 3.33. The van der Waals surface area contributed by atoms with Crippen molar-refractivity contribution < 1.29 is 28.6 Å². The molecule has 2 aromatic carbocycles. The lowest BCUT2D eigenvalue weighted by atomic mass is 9.95. The molecule has 0 bridgehead atoms. The number of benzene rings is 2. The fourth-order valence-electron chi connectivity index (χ4n) is 3.91. The van der Waals surface area contributed by atoms with Crippen molar-refractivity contribution in [2.24, 2.45) is 0 Å². The molecule has 3 heterocycles. The Kier molecular flexibility index (Phi) is 5.10. The van der Waals surface area contributed by atoms with Crippen molar-refractivity contribution in [3.63, 3.8) is 0 Å². The maximum atomic E-state index is 13.6. The minimum Gasteiger partial charge on any atom is -0.503 e. The summed E-state index contributed by atoms with van der Waals surface area (Å²) in [5.41, 5.74) is 0.935. The fourth-order valence-corrected chi connectivity index (χ4v) is 4.58. The Morgan fingerprint density at radius 2 is 1.94 bits per heavy atom. The average Bonchev–Trinajstić information content (AvgIpc) is 3.57. The Bertz CT molecular complexity index is 1390. The maximum absolute atomic E-state index is 13.6. The molecule has 0 spiro atoms. The topological polar surface area (TPSA) is 102 Å². The minimum atomic E-state index is -0.892. The fraction of sp³-hybridized carbons (Fsp3) is 0.125. The van der Waals surface area contributed by atoms with Gasteiger partial charge in [0.2, 0.25) is 5.78 Å². The highest BCUT2D eigenvalue weighted by atomic mass is 32.1. The number of furan rings is 1. The molecule has 8 nitrogen and oxygen atoms in total. The van der Waals surface area contributed by atoms with Crippen LogP contribution in [0, 0.1) is 0 Å². The summed E-state index contributed by atoms with van der Waals surface area (Å²) in [7, 11) is 3.06. The number of carbonyl (C=O) groups is 2. The molecule has 1 N–H and O–H groups in total. The van der Waals surface area contributed by atoms with Gasteiger partial charge in [-0.2, -0.15) is 0 Å². The van der Waals surface area contributed by atoms with Crippen molar-refractivity contribution >= 4 is 39.1 Å². The van der Waals surface area contributed by atoms with Gasteiger partial charge in [0.05, 0.1) is 25.8 Å². The maximum Gasteiger partial charge on any atom is 0.296 e. The predicted octanol–water partition coefficient (Wildman–Crippen LogP) is 4.69. The standard InChI is InChI=1S/C24H18N2O6S/c1-30-15-8-6-13(7-9-15)19-18(21(28)23(29)26(19)24-25-10-11-33-24)20(27)17-12-14-4-3-5-16(31-2)22(14)32-17/h3-12,19,28H,1-2H3. The minimum absolute atomic E-state index is 0.0108. The lowest BCUT2D eigenvalue weighted by molar-refractivity contribution is -0.117. The molecule has 2 aromatic heterocycles. The van der Waals surface area contributed by atoms with Gasteiger partial charge < -0.3 is 19.0 Å². The number of anilines is 1. The molecule has 9 heteroatoms. The number of para-hydroxylation sites is 1. The third-order valence-corrected chi connectivity index (χ3v) is 6.23. The predicted molar refractivity (Wildman–Crippen MR) is 122 cm³/mol. The van der Waals surface area contributed by atoms with Crippen LogP contribution in [-0.4, -0.2) is 36.0 Å². The SMILES string of the molecule is COc1ccc(C2C(C(=O)c3cc4cccc(OC)c4o3)=C(O)C(=O)N2c2nccs2)cc1. The van der Waals surface area contributed by atoms with Crippen molar-refractivity contribution in [2.75, 3.05) is 19.1 Å². The zero-order valence-electron chi connectivity index (χ0n) is 17.6. The van der Waals surface area contributed by atoms with E-state index in [1.54, 1.807) is 67.2 Å². The van der Waals surface area contributed by atoms with E-state index in [9.17, 15) is 14.7 Å². The van der Waals surface area contributed by atoms with Gasteiger partial charge in [-0.15, -0.1) is 11.3 Å². The number of ether oxygens (including phenoxy) is 2. The van der Waals surface area contributed by atoms with Gasteiger partial charge in [-0.25, -0.2) is 4.98 Å². The van der Waals surface area contributed by atoms with Crippen molar-refractivity contribution in [3.8, 4) is 11.5 Å². The molecule has 33 heavy (non-hydrogen) atoms. The molecular weight excluding hydrogens is 444 g/mol. The smallest absolute Gasteiger partial charge is 0.296 e. The first-order valence-corrected chi connectivity index (χ1v) is 10.8. The summed E-state index contributed by atoms with van der Waals surface area (Å²) in [6, 6.07) is 12.9. The van der Waals surface area contributed by atoms with Crippen LogP contribution < -0.4 is 14.4 Å². The number of aliphatic hydroxyl groups is 1. The molecule has 0 aliphatic carbocycles. The number of amides is 1. The molecule has 0 saturated carbocycles. The number of hydrogen-bond donors (Lipinski definition) is 1. The van der Waals surface area contributed by atoms with Gasteiger partial charge in [-0.1, -0.05) is 24.3 Å². The van der Waals surface area contributed by atoms with Crippen molar-refractivity contribution in [1.82, 2.24) is 4.98 Å². The summed E-state index contributed by atoms with van der Waals surface area (Å²) in [4.78, 5) is 32.3. The molecule has 1 unspecified atom stereocenters. The molecule has 1 aliphatic rings. The Morgan fingerprint density at radius 1 is 1.15 bits per heavy atom. The highest BCUT2D eigenvalue weighted by molar-refractivity contribution is 7.13. The van der Waals surface area contributed by atoms with Crippen LogP contribution in [0.25, 0.3) is 11.0 Å². The number of Topliss-reactive ketones (excluding diaryl/α,β-unsaturated/α-hetero) is 1. The number of thiazole rings is 1. The summed E-state index contributed by atoms with van der Waals surface area (Å²) >= 11 is 1.23. The summed E-state index contributed by atoms with van der Waals surface area (Å²) in [5, 5.41) is 13.6. The summed E-state index contributed by atoms with van der Waals surface area (Å²) in [6.07, 6.45) is 1.56. The Hall–Kier alpha value is -4.11. The molecule has 0 saturated heterocycles. The lowest BCUT2D eigenvalue weighted by Gasteiger charge is -2.24. The third-order valence-electron chi connectivity index (χ3n) is 5.46. The second kappa shape index (κ2) is 8.10. The van der Waals surface area contributed by atoms with E-state index < -0.39 is 23.5 Å². The van der Waals surface area contributed by atoms with E-state index >= 15 is 0 Å². The molecule has 0 radical (unpaired) electrons. The summed E-state index contributed by atoms with van der Waals surface area (Å²) < 4.78 is 16.4. The second-order valence-electron chi connectivity index (χ2n) is 7.25. The van der Waals surface area contributed by atoms with E-state index in [1.165, 1.54) is 23.3 Å². The first kappa shape index (κ1) is 20.8. The van der Waals surface area contributed by atoms with Crippen molar-refractivity contribution in [3.05, 3.63) is 82.8 Å². The zero-order chi connectivity index (χ0) is 23.1. The molecule has 1 amide bonds. The second-order valence-corrected chi connectivity index (χ2v) is 8.12. The van der Waals surface area contributed by atoms with Crippen molar-refractivity contribution in [1.29, 1.82) is 0 Å². The van der Waals surface area contributed by atoms with E-state index in [1.807, 2.05) is 0 Å². The van der Waals surface area contributed by atoms with E-state index in [0.29, 0.717) is 33.2 Å². The van der Waals surface area contributed by atoms with Crippen LogP contribution >= 0.6 is 11.3 Å². The quantitative estimate of drug-likeness (QED) is 0.415. The van der Waals surface area contributed by atoms with Gasteiger partial charge >= 0.3 is 0 Å². The number of nitrogens with zero attached hydrogens (tertiary/aromatic N) is 2. The number of rotatable bonds is 6. The van der Waals surface area contributed by atoms with E-state index in [2.05, 4.69) is 4.98 Å². The number of methoxy groups -OCH3 is 2. The van der Waals surface area contributed by atoms with Gasteiger partial charge in [-0.3, -0.25) is 14.5 Å². The number of fused-ring (bicyclic) bond motifs is 1. The molecule has 166 valence electrons. The van der Waals surface area contributed by atoms with Gasteiger partial charge in [0.1, 0.15) is 5.75 Å². The Labute approximate surface area is 192 Å². The van der Waals surface area contributed by atoms with Crippen LogP contribution in [0.4, 0.5) is 5.13 Å².